The van der Waals surface area contributed by atoms with E-state index in [1.54, 1.807) is 18.2 Å². The molecule has 2 aromatic carbocycles. The maximum Gasteiger partial charge on any atom is 0.240 e. The Balaban J connectivity index is 1.58. The summed E-state index contributed by atoms with van der Waals surface area (Å²) in [6.45, 7) is 4.51. The van der Waals surface area contributed by atoms with Gasteiger partial charge >= 0.3 is 0 Å². The second-order valence-electron chi connectivity index (χ2n) is 7.13. The van der Waals surface area contributed by atoms with Crippen LogP contribution in [0.2, 0.25) is 0 Å². The average molecular weight is 387 g/mol. The van der Waals surface area contributed by atoms with Crippen molar-refractivity contribution >= 4 is 15.9 Å². The van der Waals surface area contributed by atoms with Gasteiger partial charge in [-0.25, -0.2) is 13.1 Å². The highest BCUT2D eigenvalue weighted by Crippen LogP contribution is 2.29. The summed E-state index contributed by atoms with van der Waals surface area (Å²) in [4.78, 5) is 14.8. The molecule has 0 aliphatic heterocycles. The largest absolute Gasteiger partial charge is 0.335 e. The lowest BCUT2D eigenvalue weighted by molar-refractivity contribution is -0.132. The summed E-state index contributed by atoms with van der Waals surface area (Å²) in [5, 5.41) is 0. The summed E-state index contributed by atoms with van der Waals surface area (Å²) in [6, 6.07) is 15.2. The van der Waals surface area contributed by atoms with E-state index in [0.29, 0.717) is 6.54 Å². The Morgan fingerprint density at radius 3 is 2.41 bits per heavy atom. The van der Waals surface area contributed by atoms with Crippen LogP contribution in [0.5, 0.6) is 0 Å². The molecule has 1 N–H and O–H groups in total. The van der Waals surface area contributed by atoms with E-state index < -0.39 is 10.0 Å². The molecular formula is C21H26N2O3S. The van der Waals surface area contributed by atoms with Crippen LogP contribution in [0.4, 0.5) is 0 Å². The number of hydrogen-bond donors (Lipinski definition) is 1. The van der Waals surface area contributed by atoms with Gasteiger partial charge in [0.2, 0.25) is 15.9 Å². The van der Waals surface area contributed by atoms with E-state index in [-0.39, 0.29) is 29.8 Å². The number of benzene rings is 2. The predicted molar refractivity (Wildman–Crippen MR) is 106 cm³/mol. The van der Waals surface area contributed by atoms with Gasteiger partial charge < -0.3 is 4.90 Å². The minimum atomic E-state index is -3.61. The molecule has 0 atom stereocenters. The molecule has 2 aromatic rings. The second kappa shape index (κ2) is 8.23. The van der Waals surface area contributed by atoms with Gasteiger partial charge in [-0.05, 0) is 55.5 Å². The van der Waals surface area contributed by atoms with Crippen molar-refractivity contribution < 1.29 is 13.2 Å². The maximum atomic E-state index is 12.6. The molecule has 1 fully saturated rings. The predicted octanol–water partition coefficient (Wildman–Crippen LogP) is 3.16. The van der Waals surface area contributed by atoms with Crippen LogP contribution in [0.15, 0.2) is 53.4 Å². The third-order valence-corrected chi connectivity index (χ3v) is 6.38. The van der Waals surface area contributed by atoms with Crippen LogP contribution >= 0.6 is 0 Å². The quantitative estimate of drug-likeness (QED) is 0.758. The van der Waals surface area contributed by atoms with Gasteiger partial charge in [-0.3, -0.25) is 4.79 Å². The molecule has 0 spiro atoms. The highest BCUT2D eigenvalue weighted by molar-refractivity contribution is 7.89. The van der Waals surface area contributed by atoms with Crippen LogP contribution in [0.1, 0.15) is 36.0 Å². The third-order valence-electron chi connectivity index (χ3n) is 4.92. The normalized spacial score (nSPS) is 14.1. The Morgan fingerprint density at radius 1 is 1.07 bits per heavy atom. The van der Waals surface area contributed by atoms with Crippen molar-refractivity contribution in [3.63, 3.8) is 0 Å². The van der Waals surface area contributed by atoms with Gasteiger partial charge in [0.15, 0.2) is 0 Å². The lowest BCUT2D eigenvalue weighted by atomic mass is 10.1. The average Bonchev–Trinajstić information content (AvgIpc) is 3.47. The van der Waals surface area contributed by atoms with Crippen molar-refractivity contribution in [3.8, 4) is 0 Å². The molecule has 0 bridgehead atoms. The van der Waals surface area contributed by atoms with E-state index in [0.717, 1.165) is 29.5 Å². The molecule has 6 heteroatoms. The molecule has 5 nitrogen and oxygen atoms in total. The Labute approximate surface area is 161 Å². The fraction of sp³-hybridized carbons (Fsp3) is 0.381. The van der Waals surface area contributed by atoms with E-state index in [4.69, 9.17) is 0 Å². The zero-order valence-corrected chi connectivity index (χ0v) is 16.6. The van der Waals surface area contributed by atoms with E-state index in [9.17, 15) is 13.2 Å². The molecule has 0 aromatic heterocycles. The van der Waals surface area contributed by atoms with E-state index in [1.165, 1.54) is 0 Å². The molecule has 1 saturated carbocycles. The van der Waals surface area contributed by atoms with Crippen molar-refractivity contribution in [2.75, 3.05) is 6.54 Å². The van der Waals surface area contributed by atoms with Gasteiger partial charge in [-0.1, -0.05) is 36.4 Å². The van der Waals surface area contributed by atoms with Crippen LogP contribution in [0.25, 0.3) is 0 Å². The van der Waals surface area contributed by atoms with Crippen LogP contribution in [0, 0.1) is 13.8 Å². The molecule has 0 unspecified atom stereocenters. The lowest BCUT2D eigenvalue weighted by Gasteiger charge is -2.22. The Morgan fingerprint density at radius 2 is 1.78 bits per heavy atom. The Kier molecular flexibility index (Phi) is 5.97. The van der Waals surface area contributed by atoms with Crippen molar-refractivity contribution in [1.82, 2.24) is 9.62 Å². The summed E-state index contributed by atoms with van der Waals surface area (Å²) in [7, 11) is -3.61. The monoisotopic (exact) mass is 386 g/mol. The fourth-order valence-corrected chi connectivity index (χ4v) is 4.10. The molecule has 1 amide bonds. The maximum absolute atomic E-state index is 12.6. The number of nitrogens with zero attached hydrogens (tertiary/aromatic N) is 1. The molecule has 0 radical (unpaired) electrons. The number of amides is 1. The molecule has 3 rings (SSSR count). The van der Waals surface area contributed by atoms with Gasteiger partial charge in [0.05, 0.1) is 4.90 Å². The summed E-state index contributed by atoms with van der Waals surface area (Å²) < 4.78 is 27.5. The number of carbonyl (C=O) groups excluding carboxylic acids is 1. The molecular weight excluding hydrogens is 360 g/mol. The summed E-state index contributed by atoms with van der Waals surface area (Å²) in [6.07, 6.45) is 2.20. The number of aryl methyl sites for hydroxylation is 2. The van der Waals surface area contributed by atoms with Gasteiger partial charge in [0, 0.05) is 25.6 Å². The first-order valence-corrected chi connectivity index (χ1v) is 10.8. The van der Waals surface area contributed by atoms with Crippen LogP contribution in [-0.2, 0) is 21.4 Å². The zero-order valence-electron chi connectivity index (χ0n) is 15.8. The van der Waals surface area contributed by atoms with Crippen molar-refractivity contribution in [2.24, 2.45) is 0 Å². The molecule has 0 heterocycles. The lowest BCUT2D eigenvalue weighted by Crippen LogP contribution is -2.35. The van der Waals surface area contributed by atoms with E-state index in [2.05, 4.69) is 4.72 Å². The summed E-state index contributed by atoms with van der Waals surface area (Å²) in [5.74, 6) is -0.0101. The summed E-state index contributed by atoms with van der Waals surface area (Å²) in [5.41, 5.74) is 3.07. The Hall–Kier alpha value is -2.18. The molecule has 27 heavy (non-hydrogen) atoms. The first-order valence-electron chi connectivity index (χ1n) is 9.27. The highest BCUT2D eigenvalue weighted by atomic mass is 32.2. The number of nitrogens with one attached hydrogen (secondary N) is 1. The zero-order chi connectivity index (χ0) is 19.4. The second-order valence-corrected chi connectivity index (χ2v) is 8.90. The Bertz CT molecular complexity index is 906. The van der Waals surface area contributed by atoms with Gasteiger partial charge in [0.25, 0.3) is 0 Å². The first-order chi connectivity index (χ1) is 12.9. The van der Waals surface area contributed by atoms with Crippen LogP contribution < -0.4 is 4.72 Å². The van der Waals surface area contributed by atoms with Gasteiger partial charge in [-0.15, -0.1) is 0 Å². The minimum Gasteiger partial charge on any atom is -0.335 e. The molecule has 1 aliphatic carbocycles. The highest BCUT2D eigenvalue weighted by Gasteiger charge is 2.32. The van der Waals surface area contributed by atoms with Gasteiger partial charge in [-0.2, -0.15) is 0 Å². The first kappa shape index (κ1) is 19.6. The van der Waals surface area contributed by atoms with E-state index >= 15 is 0 Å². The van der Waals surface area contributed by atoms with Crippen LogP contribution in [0.3, 0.4) is 0 Å². The van der Waals surface area contributed by atoms with Crippen molar-refractivity contribution in [2.45, 2.75) is 50.6 Å². The fourth-order valence-electron chi connectivity index (χ4n) is 2.99. The SMILES string of the molecule is Cc1ccc(S(=O)(=O)NCCC(=O)N(Cc2ccccc2)C2CC2)cc1C. The topological polar surface area (TPSA) is 66.5 Å². The molecule has 1 aliphatic rings. The third kappa shape index (κ3) is 5.17. The molecule has 0 saturated heterocycles. The number of hydrogen-bond acceptors (Lipinski definition) is 3. The van der Waals surface area contributed by atoms with Crippen molar-refractivity contribution in [3.05, 3.63) is 65.2 Å². The molecule has 144 valence electrons. The number of sulfonamides is 1. The smallest absolute Gasteiger partial charge is 0.240 e. The minimum absolute atomic E-state index is 0.0101. The van der Waals surface area contributed by atoms with Gasteiger partial charge in [0.1, 0.15) is 0 Å². The standard InChI is InChI=1S/C21H26N2O3S/c1-16-8-11-20(14-17(16)2)27(25,26)22-13-12-21(24)23(19-9-10-19)15-18-6-4-3-5-7-18/h3-8,11,14,19,22H,9-10,12-13,15H2,1-2H3. The number of rotatable bonds is 8. The summed E-state index contributed by atoms with van der Waals surface area (Å²) >= 11 is 0. The van der Waals surface area contributed by atoms with E-state index in [1.807, 2.05) is 49.1 Å². The van der Waals surface area contributed by atoms with Crippen LogP contribution in [-0.4, -0.2) is 31.8 Å². The number of carbonyl (C=O) groups is 1. The van der Waals surface area contributed by atoms with Crippen molar-refractivity contribution in [1.29, 1.82) is 0 Å².